The van der Waals surface area contributed by atoms with E-state index in [0.717, 1.165) is 23.0 Å². The van der Waals surface area contributed by atoms with Crippen LogP contribution in [0.15, 0.2) is 35.7 Å². The van der Waals surface area contributed by atoms with Gasteiger partial charge in [-0.05, 0) is 24.1 Å². The monoisotopic (exact) mass is 220 g/mol. The van der Waals surface area contributed by atoms with Gasteiger partial charge in [0.25, 0.3) is 0 Å². The molecule has 0 unspecified atom stereocenters. The third-order valence-corrected chi connectivity index (χ3v) is 2.88. The van der Waals surface area contributed by atoms with Crippen LogP contribution in [0.5, 0.6) is 0 Å². The van der Waals surface area contributed by atoms with Gasteiger partial charge in [0, 0.05) is 11.4 Å². The predicted molar refractivity (Wildman–Crippen MR) is 61.7 cm³/mol. The molecule has 78 valence electrons. The number of anilines is 1. The average molecular weight is 220 g/mol. The van der Waals surface area contributed by atoms with Crippen LogP contribution < -0.4 is 5.73 Å². The minimum Gasteiger partial charge on any atom is -0.399 e. The van der Waals surface area contributed by atoms with Crippen LogP contribution in [0.3, 0.4) is 0 Å². The van der Waals surface area contributed by atoms with Crippen molar-refractivity contribution in [3.63, 3.8) is 0 Å². The van der Waals surface area contributed by atoms with Gasteiger partial charge in [0.05, 0.1) is 0 Å². The summed E-state index contributed by atoms with van der Waals surface area (Å²) < 4.78 is 0. The van der Waals surface area contributed by atoms with Gasteiger partial charge in [-0.3, -0.25) is 5.10 Å². The molecule has 1 aromatic heterocycles. The first-order chi connectivity index (χ1) is 7.34. The maximum atomic E-state index is 5.60. The Morgan fingerprint density at radius 1 is 1.27 bits per heavy atom. The summed E-state index contributed by atoms with van der Waals surface area (Å²) >= 11 is 1.67. The van der Waals surface area contributed by atoms with E-state index in [0.29, 0.717) is 0 Å². The lowest BCUT2D eigenvalue weighted by molar-refractivity contribution is 0.970. The lowest BCUT2D eigenvalue weighted by Crippen LogP contribution is -1.90. The predicted octanol–water partition coefficient (Wildman–Crippen LogP) is 1.72. The van der Waals surface area contributed by atoms with Crippen LogP contribution in [0.25, 0.3) is 0 Å². The first-order valence-electron chi connectivity index (χ1n) is 4.67. The standard InChI is InChI=1S/C10H12N4S/c11-9-3-1-8(2-4-9)5-6-15-10-12-7-13-14-10/h1-4,7H,5-6,11H2,(H,12,13,14). The molecule has 2 rings (SSSR count). The Morgan fingerprint density at radius 2 is 2.07 bits per heavy atom. The minimum atomic E-state index is 0.807. The molecule has 0 radical (unpaired) electrons. The summed E-state index contributed by atoms with van der Waals surface area (Å²) in [6.45, 7) is 0. The number of thioether (sulfide) groups is 1. The Balaban J connectivity index is 1.81. The smallest absolute Gasteiger partial charge is 0.183 e. The lowest BCUT2D eigenvalue weighted by Gasteiger charge is -2.00. The molecule has 0 bridgehead atoms. The number of rotatable bonds is 4. The molecular weight excluding hydrogens is 208 g/mol. The topological polar surface area (TPSA) is 67.6 Å². The van der Waals surface area contributed by atoms with Crippen LogP contribution in [0, 0.1) is 0 Å². The Morgan fingerprint density at radius 3 is 2.73 bits per heavy atom. The fourth-order valence-electron chi connectivity index (χ4n) is 1.21. The Hall–Kier alpha value is -1.49. The number of benzene rings is 1. The summed E-state index contributed by atoms with van der Waals surface area (Å²) in [5.74, 6) is 0.985. The molecule has 0 aliphatic heterocycles. The van der Waals surface area contributed by atoms with Crippen molar-refractivity contribution in [2.45, 2.75) is 11.6 Å². The second-order valence-corrected chi connectivity index (χ2v) is 4.21. The van der Waals surface area contributed by atoms with Gasteiger partial charge in [0.15, 0.2) is 5.16 Å². The fraction of sp³-hybridized carbons (Fsp3) is 0.200. The molecule has 5 heteroatoms. The molecule has 0 atom stereocenters. The zero-order valence-electron chi connectivity index (χ0n) is 8.18. The zero-order valence-corrected chi connectivity index (χ0v) is 9.00. The molecule has 1 heterocycles. The quantitative estimate of drug-likeness (QED) is 0.608. The molecule has 0 amide bonds. The first-order valence-corrected chi connectivity index (χ1v) is 5.66. The summed E-state index contributed by atoms with van der Waals surface area (Å²) in [4.78, 5) is 4.04. The van der Waals surface area contributed by atoms with Crippen LogP contribution in [-0.2, 0) is 6.42 Å². The maximum Gasteiger partial charge on any atom is 0.183 e. The van der Waals surface area contributed by atoms with Crippen LogP contribution in [0.1, 0.15) is 5.56 Å². The van der Waals surface area contributed by atoms with Gasteiger partial charge in [0.1, 0.15) is 6.33 Å². The molecule has 0 aliphatic rings. The van der Waals surface area contributed by atoms with Crippen molar-refractivity contribution in [2.75, 3.05) is 11.5 Å². The second-order valence-electron chi connectivity index (χ2n) is 3.13. The molecule has 1 aromatic carbocycles. The number of aromatic nitrogens is 3. The van der Waals surface area contributed by atoms with Crippen molar-refractivity contribution in [3.05, 3.63) is 36.2 Å². The number of aromatic amines is 1. The summed E-state index contributed by atoms with van der Waals surface area (Å²) in [6, 6.07) is 7.95. The summed E-state index contributed by atoms with van der Waals surface area (Å²) in [6.07, 6.45) is 2.52. The highest BCUT2D eigenvalue weighted by Crippen LogP contribution is 2.14. The van der Waals surface area contributed by atoms with E-state index < -0.39 is 0 Å². The highest BCUT2D eigenvalue weighted by Gasteiger charge is 1.97. The maximum absolute atomic E-state index is 5.60. The van der Waals surface area contributed by atoms with Gasteiger partial charge in [0.2, 0.25) is 0 Å². The lowest BCUT2D eigenvalue weighted by atomic mass is 10.2. The van der Waals surface area contributed by atoms with Crippen molar-refractivity contribution in [1.29, 1.82) is 0 Å². The van der Waals surface area contributed by atoms with E-state index in [1.807, 2.05) is 12.1 Å². The Bertz CT molecular complexity index is 396. The van der Waals surface area contributed by atoms with E-state index in [9.17, 15) is 0 Å². The Labute approximate surface area is 92.3 Å². The summed E-state index contributed by atoms with van der Waals surface area (Å²) in [7, 11) is 0. The first kappa shape index (κ1) is 10.0. The van der Waals surface area contributed by atoms with Crippen molar-refractivity contribution in [3.8, 4) is 0 Å². The van der Waals surface area contributed by atoms with Crippen LogP contribution >= 0.6 is 11.8 Å². The number of nitrogen functional groups attached to an aromatic ring is 1. The van der Waals surface area contributed by atoms with E-state index in [4.69, 9.17) is 5.73 Å². The SMILES string of the molecule is Nc1ccc(CCSc2ncn[nH]2)cc1. The van der Waals surface area contributed by atoms with E-state index in [1.165, 1.54) is 11.9 Å². The molecule has 0 fully saturated rings. The number of nitrogens with two attached hydrogens (primary N) is 1. The number of nitrogens with one attached hydrogen (secondary N) is 1. The van der Waals surface area contributed by atoms with Crippen molar-refractivity contribution in [1.82, 2.24) is 15.2 Å². The van der Waals surface area contributed by atoms with Gasteiger partial charge in [-0.1, -0.05) is 23.9 Å². The third-order valence-electron chi connectivity index (χ3n) is 2.00. The van der Waals surface area contributed by atoms with E-state index in [1.54, 1.807) is 11.8 Å². The number of aryl methyl sites for hydroxylation is 1. The minimum absolute atomic E-state index is 0.807. The molecule has 0 saturated heterocycles. The number of hydrogen-bond donors (Lipinski definition) is 2. The van der Waals surface area contributed by atoms with Gasteiger partial charge in [-0.15, -0.1) is 0 Å². The zero-order chi connectivity index (χ0) is 10.5. The summed E-state index contributed by atoms with van der Waals surface area (Å²) in [5, 5.41) is 7.47. The highest BCUT2D eigenvalue weighted by molar-refractivity contribution is 7.99. The third kappa shape index (κ3) is 2.99. The van der Waals surface area contributed by atoms with E-state index in [-0.39, 0.29) is 0 Å². The van der Waals surface area contributed by atoms with Gasteiger partial charge in [-0.25, -0.2) is 4.98 Å². The van der Waals surface area contributed by atoms with Crippen molar-refractivity contribution in [2.24, 2.45) is 0 Å². The van der Waals surface area contributed by atoms with Crippen molar-refractivity contribution < 1.29 is 0 Å². The number of nitrogens with zero attached hydrogens (tertiary/aromatic N) is 2. The molecule has 0 aliphatic carbocycles. The molecule has 0 spiro atoms. The van der Waals surface area contributed by atoms with Crippen molar-refractivity contribution >= 4 is 17.4 Å². The average Bonchev–Trinajstić information content (AvgIpc) is 2.74. The Kier molecular flexibility index (Phi) is 3.24. The van der Waals surface area contributed by atoms with Gasteiger partial charge in [-0.2, -0.15) is 5.10 Å². The molecular formula is C10H12N4S. The van der Waals surface area contributed by atoms with Crippen LogP contribution in [-0.4, -0.2) is 20.9 Å². The fourth-order valence-corrected chi connectivity index (χ4v) is 1.98. The van der Waals surface area contributed by atoms with Gasteiger partial charge >= 0.3 is 0 Å². The molecule has 0 saturated carbocycles. The molecule has 15 heavy (non-hydrogen) atoms. The van der Waals surface area contributed by atoms with Gasteiger partial charge < -0.3 is 5.73 Å². The summed E-state index contributed by atoms with van der Waals surface area (Å²) in [5.41, 5.74) is 7.70. The number of hydrogen-bond acceptors (Lipinski definition) is 4. The van der Waals surface area contributed by atoms with Crippen LogP contribution in [0.4, 0.5) is 5.69 Å². The van der Waals surface area contributed by atoms with Crippen LogP contribution in [0.2, 0.25) is 0 Å². The normalized spacial score (nSPS) is 10.4. The largest absolute Gasteiger partial charge is 0.399 e. The molecule has 2 aromatic rings. The van der Waals surface area contributed by atoms with E-state index in [2.05, 4.69) is 27.3 Å². The molecule has 4 nitrogen and oxygen atoms in total. The second kappa shape index (κ2) is 4.84. The molecule has 3 N–H and O–H groups in total. The van der Waals surface area contributed by atoms with E-state index >= 15 is 0 Å². The highest BCUT2D eigenvalue weighted by atomic mass is 32.2. The number of H-pyrrole nitrogens is 1.